The number of carbonyl (C=O) groups is 1. The van der Waals surface area contributed by atoms with Crippen LogP contribution in [0.15, 0.2) is 12.3 Å². The molecule has 1 N–H and O–H groups in total. The number of amides is 1. The molecule has 0 bridgehead atoms. The van der Waals surface area contributed by atoms with Gasteiger partial charge in [-0.3, -0.25) is 14.2 Å². The van der Waals surface area contributed by atoms with Gasteiger partial charge in [-0.1, -0.05) is 0 Å². The predicted octanol–water partition coefficient (Wildman–Crippen LogP) is 1.21. The highest BCUT2D eigenvalue weighted by Crippen LogP contribution is 2.45. The van der Waals surface area contributed by atoms with Gasteiger partial charge in [-0.15, -0.1) is 0 Å². The summed E-state index contributed by atoms with van der Waals surface area (Å²) in [7, 11) is -4.05. The van der Waals surface area contributed by atoms with Crippen LogP contribution in [0.3, 0.4) is 0 Å². The van der Waals surface area contributed by atoms with E-state index < -0.39 is 45.0 Å². The largest absolute Gasteiger partial charge is 0.435 e. The SMILES string of the molecule is CC(C(=O)NS(=O)(=O)CC1(C#N)CC1)n1ccc(C(F)(F)F)n1. The van der Waals surface area contributed by atoms with Crippen LogP contribution in [0.2, 0.25) is 0 Å². The van der Waals surface area contributed by atoms with Gasteiger partial charge in [-0.2, -0.15) is 23.5 Å². The Morgan fingerprint density at radius 1 is 1.57 bits per heavy atom. The number of aromatic nitrogens is 2. The Labute approximate surface area is 130 Å². The van der Waals surface area contributed by atoms with E-state index in [0.29, 0.717) is 18.9 Å². The van der Waals surface area contributed by atoms with Crippen molar-refractivity contribution in [2.45, 2.75) is 32.0 Å². The van der Waals surface area contributed by atoms with Crippen LogP contribution in [0, 0.1) is 16.7 Å². The molecule has 126 valence electrons. The topological polar surface area (TPSA) is 105 Å². The van der Waals surface area contributed by atoms with Gasteiger partial charge in [0, 0.05) is 6.20 Å². The minimum absolute atomic E-state index is 0.433. The first-order valence-electron chi connectivity index (χ1n) is 6.56. The zero-order valence-corrected chi connectivity index (χ0v) is 12.8. The summed E-state index contributed by atoms with van der Waals surface area (Å²) < 4.78 is 63.6. The van der Waals surface area contributed by atoms with Crippen molar-refractivity contribution in [3.8, 4) is 6.07 Å². The number of hydrogen-bond donors (Lipinski definition) is 1. The average Bonchev–Trinajstić information content (AvgIpc) is 3.00. The van der Waals surface area contributed by atoms with Crippen LogP contribution in [-0.2, 0) is 21.0 Å². The first-order valence-corrected chi connectivity index (χ1v) is 8.21. The molecule has 0 aliphatic heterocycles. The number of nitrogens with zero attached hydrogens (tertiary/aromatic N) is 3. The molecule has 1 aliphatic rings. The van der Waals surface area contributed by atoms with Crippen molar-refractivity contribution >= 4 is 15.9 Å². The predicted molar refractivity (Wildman–Crippen MR) is 71.1 cm³/mol. The van der Waals surface area contributed by atoms with E-state index in [1.165, 1.54) is 6.92 Å². The van der Waals surface area contributed by atoms with E-state index in [9.17, 15) is 26.4 Å². The number of rotatable bonds is 5. The highest BCUT2D eigenvalue weighted by atomic mass is 32.2. The van der Waals surface area contributed by atoms with E-state index in [-0.39, 0.29) is 0 Å². The van der Waals surface area contributed by atoms with Crippen LogP contribution < -0.4 is 4.72 Å². The van der Waals surface area contributed by atoms with E-state index in [2.05, 4.69) is 5.10 Å². The molecule has 1 unspecified atom stereocenters. The van der Waals surface area contributed by atoms with Gasteiger partial charge in [-0.05, 0) is 25.8 Å². The standard InChI is InChI=1S/C12H13F3N4O3S/c1-8(19-5-2-9(17-19)12(13,14)15)10(20)18-23(21,22)7-11(6-16)3-4-11/h2,5,8H,3-4,7H2,1H3,(H,18,20). The van der Waals surface area contributed by atoms with Crippen LogP contribution in [0.1, 0.15) is 31.5 Å². The van der Waals surface area contributed by atoms with Crippen molar-refractivity contribution in [2.24, 2.45) is 5.41 Å². The summed E-state index contributed by atoms with van der Waals surface area (Å²) in [5.41, 5.74) is -2.15. The molecule has 1 atom stereocenters. The van der Waals surface area contributed by atoms with E-state index in [0.717, 1.165) is 10.9 Å². The summed E-state index contributed by atoms with van der Waals surface area (Å²) >= 11 is 0. The molecule has 1 aliphatic carbocycles. The van der Waals surface area contributed by atoms with Crippen molar-refractivity contribution in [2.75, 3.05) is 5.75 Å². The molecule has 7 nitrogen and oxygen atoms in total. The van der Waals surface area contributed by atoms with E-state index in [1.54, 1.807) is 4.72 Å². The minimum Gasteiger partial charge on any atom is -0.272 e. The normalized spacial score (nSPS) is 18.0. The van der Waals surface area contributed by atoms with E-state index in [1.807, 2.05) is 6.07 Å². The van der Waals surface area contributed by atoms with Crippen molar-refractivity contribution in [3.05, 3.63) is 18.0 Å². The average molecular weight is 350 g/mol. The Hall–Kier alpha value is -2.09. The molecular formula is C12H13F3N4O3S. The van der Waals surface area contributed by atoms with Crippen molar-refractivity contribution in [3.63, 3.8) is 0 Å². The van der Waals surface area contributed by atoms with Gasteiger partial charge in [0.25, 0.3) is 5.91 Å². The molecule has 0 aromatic carbocycles. The first kappa shape index (κ1) is 17.3. The Kier molecular flexibility index (Phi) is 4.14. The Morgan fingerprint density at radius 2 is 2.17 bits per heavy atom. The monoisotopic (exact) mass is 350 g/mol. The molecule has 1 aromatic heterocycles. The fourth-order valence-electron chi connectivity index (χ4n) is 1.90. The lowest BCUT2D eigenvalue weighted by molar-refractivity contribution is -0.142. The van der Waals surface area contributed by atoms with Gasteiger partial charge in [-0.25, -0.2) is 8.42 Å². The second-order valence-electron chi connectivity index (χ2n) is 5.47. The maximum Gasteiger partial charge on any atom is 0.435 e. The molecule has 0 spiro atoms. The fourth-order valence-corrected chi connectivity index (χ4v) is 3.53. The molecule has 1 aromatic rings. The molecule has 0 radical (unpaired) electrons. The van der Waals surface area contributed by atoms with Crippen molar-refractivity contribution in [1.29, 1.82) is 5.26 Å². The van der Waals surface area contributed by atoms with Crippen LogP contribution in [0.5, 0.6) is 0 Å². The highest BCUT2D eigenvalue weighted by Gasteiger charge is 2.47. The molecule has 11 heteroatoms. The Balaban J connectivity index is 2.05. The minimum atomic E-state index is -4.65. The van der Waals surface area contributed by atoms with Crippen LogP contribution in [-0.4, -0.2) is 29.9 Å². The van der Waals surface area contributed by atoms with Crippen LogP contribution in [0.4, 0.5) is 13.2 Å². The number of nitriles is 1. The number of halogens is 3. The molecule has 1 fully saturated rings. The smallest absolute Gasteiger partial charge is 0.272 e. The molecule has 23 heavy (non-hydrogen) atoms. The van der Waals surface area contributed by atoms with Gasteiger partial charge in [0.1, 0.15) is 6.04 Å². The third-order valence-electron chi connectivity index (χ3n) is 3.49. The second kappa shape index (κ2) is 5.52. The number of alkyl halides is 3. The third kappa shape index (κ3) is 4.01. The van der Waals surface area contributed by atoms with Gasteiger partial charge >= 0.3 is 6.18 Å². The molecule has 0 saturated heterocycles. The Bertz CT molecular complexity index is 759. The summed E-state index contributed by atoms with van der Waals surface area (Å²) in [5, 5.41) is 12.1. The highest BCUT2D eigenvalue weighted by molar-refractivity contribution is 7.90. The lowest BCUT2D eigenvalue weighted by Crippen LogP contribution is -2.39. The van der Waals surface area contributed by atoms with Gasteiger partial charge < -0.3 is 0 Å². The van der Waals surface area contributed by atoms with Gasteiger partial charge in [0.2, 0.25) is 10.0 Å². The van der Waals surface area contributed by atoms with Crippen molar-refractivity contribution < 1.29 is 26.4 Å². The number of nitrogens with one attached hydrogen (secondary N) is 1. The van der Waals surface area contributed by atoms with Crippen molar-refractivity contribution in [1.82, 2.24) is 14.5 Å². The lowest BCUT2D eigenvalue weighted by Gasteiger charge is -2.14. The second-order valence-corrected chi connectivity index (χ2v) is 7.19. The van der Waals surface area contributed by atoms with E-state index >= 15 is 0 Å². The number of hydrogen-bond acceptors (Lipinski definition) is 5. The lowest BCUT2D eigenvalue weighted by atomic mass is 10.2. The molecular weight excluding hydrogens is 337 g/mol. The molecule has 1 saturated carbocycles. The number of sulfonamides is 1. The summed E-state index contributed by atoms with van der Waals surface area (Å²) in [6, 6.07) is 1.33. The fraction of sp³-hybridized carbons (Fsp3) is 0.583. The Morgan fingerprint density at radius 3 is 2.61 bits per heavy atom. The first-order chi connectivity index (χ1) is 10.5. The van der Waals surface area contributed by atoms with Crippen LogP contribution >= 0.6 is 0 Å². The quantitative estimate of drug-likeness (QED) is 0.859. The summed E-state index contributed by atoms with van der Waals surface area (Å²) in [5.74, 6) is -1.53. The van der Waals surface area contributed by atoms with Gasteiger partial charge in [0.15, 0.2) is 5.69 Å². The number of carbonyl (C=O) groups excluding carboxylic acids is 1. The summed E-state index contributed by atoms with van der Waals surface area (Å²) in [4.78, 5) is 11.9. The zero-order valence-electron chi connectivity index (χ0n) is 12.0. The van der Waals surface area contributed by atoms with E-state index in [4.69, 9.17) is 5.26 Å². The summed E-state index contributed by atoms with van der Waals surface area (Å²) in [6.07, 6.45) is -2.85. The van der Waals surface area contributed by atoms with Gasteiger partial charge in [0.05, 0.1) is 17.2 Å². The maximum atomic E-state index is 12.5. The zero-order chi connectivity index (χ0) is 17.5. The molecule has 1 heterocycles. The maximum absolute atomic E-state index is 12.5. The summed E-state index contributed by atoms with van der Waals surface area (Å²) in [6.45, 7) is 1.22. The van der Waals surface area contributed by atoms with Crippen LogP contribution in [0.25, 0.3) is 0 Å². The molecule has 2 rings (SSSR count). The molecule has 1 amide bonds. The third-order valence-corrected chi connectivity index (χ3v) is 4.93.